The number of rotatable bonds is 6. The first kappa shape index (κ1) is 23.7. The Morgan fingerprint density at radius 2 is 1.79 bits per heavy atom. The molecule has 176 valence electrons. The summed E-state index contributed by atoms with van der Waals surface area (Å²) < 4.78 is 47.5. The van der Waals surface area contributed by atoms with E-state index in [4.69, 9.17) is 27.6 Å². The van der Waals surface area contributed by atoms with Crippen molar-refractivity contribution >= 4 is 46.4 Å². The Morgan fingerprint density at radius 3 is 2.44 bits per heavy atom. The molecular formula is C22H15Cl2F3N4O3. The van der Waals surface area contributed by atoms with E-state index in [1.54, 1.807) is 18.2 Å². The third-order valence-corrected chi connectivity index (χ3v) is 5.45. The van der Waals surface area contributed by atoms with Crippen LogP contribution in [0.3, 0.4) is 0 Å². The second kappa shape index (κ2) is 9.40. The van der Waals surface area contributed by atoms with Crippen LogP contribution in [-0.2, 0) is 23.9 Å². The molecule has 0 fully saturated rings. The average Bonchev–Trinajstić information content (AvgIpc) is 3.41. The summed E-state index contributed by atoms with van der Waals surface area (Å²) in [6, 6.07) is 10.5. The molecule has 0 aliphatic heterocycles. The van der Waals surface area contributed by atoms with Gasteiger partial charge >= 0.3 is 6.18 Å². The Balaban J connectivity index is 1.67. The average molecular weight is 511 g/mol. The molecule has 4 aromatic rings. The van der Waals surface area contributed by atoms with Crippen molar-refractivity contribution in [3.05, 3.63) is 87.7 Å². The molecule has 3 aromatic heterocycles. The molecule has 0 radical (unpaired) electrons. The summed E-state index contributed by atoms with van der Waals surface area (Å²) in [5.74, 6) is -0.940. The van der Waals surface area contributed by atoms with Gasteiger partial charge in [-0.1, -0.05) is 29.3 Å². The molecule has 0 bridgehead atoms. The summed E-state index contributed by atoms with van der Waals surface area (Å²) in [5.41, 5.74) is -1.87. The molecule has 2 amide bonds. The maximum atomic E-state index is 13.8. The third-order valence-electron chi connectivity index (χ3n) is 4.82. The lowest BCUT2D eigenvalue weighted by atomic mass is 10.2. The monoisotopic (exact) mass is 510 g/mol. The Kier molecular flexibility index (Phi) is 6.54. The highest BCUT2D eigenvalue weighted by atomic mass is 35.5. The van der Waals surface area contributed by atoms with Gasteiger partial charge in [-0.05, 0) is 36.4 Å². The van der Waals surface area contributed by atoms with Crippen LogP contribution in [-0.4, -0.2) is 21.2 Å². The van der Waals surface area contributed by atoms with Crippen molar-refractivity contribution in [2.45, 2.75) is 19.1 Å². The van der Waals surface area contributed by atoms with Crippen molar-refractivity contribution in [1.82, 2.24) is 14.7 Å². The molecule has 34 heavy (non-hydrogen) atoms. The lowest BCUT2D eigenvalue weighted by molar-refractivity contribution is -0.141. The number of nitrogens with one attached hydrogen (secondary N) is 2. The fourth-order valence-electron chi connectivity index (χ4n) is 3.32. The van der Waals surface area contributed by atoms with Gasteiger partial charge in [0, 0.05) is 6.20 Å². The van der Waals surface area contributed by atoms with Crippen molar-refractivity contribution < 1.29 is 27.2 Å². The number of halogens is 5. The van der Waals surface area contributed by atoms with Gasteiger partial charge in [-0.25, -0.2) is 4.98 Å². The van der Waals surface area contributed by atoms with E-state index >= 15 is 0 Å². The molecule has 0 saturated heterocycles. The van der Waals surface area contributed by atoms with E-state index < -0.39 is 30.1 Å². The maximum absolute atomic E-state index is 13.8. The molecule has 0 unspecified atom stereocenters. The first-order valence-corrected chi connectivity index (χ1v) is 10.5. The third kappa shape index (κ3) is 4.87. The van der Waals surface area contributed by atoms with Gasteiger partial charge in [0.2, 0.25) is 5.91 Å². The molecule has 2 N–H and O–H groups in total. The number of carbonyl (C=O) groups excluding carboxylic acids is 2. The highest BCUT2D eigenvalue weighted by Crippen LogP contribution is 2.34. The maximum Gasteiger partial charge on any atom is 0.435 e. The predicted molar refractivity (Wildman–Crippen MR) is 119 cm³/mol. The minimum atomic E-state index is -4.84. The van der Waals surface area contributed by atoms with E-state index in [9.17, 15) is 22.8 Å². The molecule has 4 rings (SSSR count). The van der Waals surface area contributed by atoms with Crippen LogP contribution in [0.1, 0.15) is 27.5 Å². The van der Waals surface area contributed by atoms with Crippen LogP contribution >= 0.6 is 23.2 Å². The van der Waals surface area contributed by atoms with Crippen LogP contribution < -0.4 is 10.6 Å². The van der Waals surface area contributed by atoms with Crippen molar-refractivity contribution in [2.24, 2.45) is 0 Å². The zero-order chi connectivity index (χ0) is 24.5. The van der Waals surface area contributed by atoms with E-state index in [2.05, 4.69) is 15.6 Å². The van der Waals surface area contributed by atoms with Crippen molar-refractivity contribution in [3.63, 3.8) is 0 Å². The number of carbonyl (C=O) groups is 2. The van der Waals surface area contributed by atoms with Gasteiger partial charge in [0.25, 0.3) is 5.91 Å². The van der Waals surface area contributed by atoms with Crippen molar-refractivity contribution in [3.8, 4) is 0 Å². The summed E-state index contributed by atoms with van der Waals surface area (Å²) in [6.45, 7) is 0.0177. The van der Waals surface area contributed by atoms with Gasteiger partial charge in [0.05, 0.1) is 46.2 Å². The number of fused-ring (bicyclic) bond motifs is 1. The van der Waals surface area contributed by atoms with Gasteiger partial charge in [-0.15, -0.1) is 0 Å². The first-order valence-electron chi connectivity index (χ1n) is 9.76. The van der Waals surface area contributed by atoms with Gasteiger partial charge < -0.3 is 19.5 Å². The Bertz CT molecular complexity index is 1350. The SMILES string of the molecule is O=C(Cc1c(C(F)(F)F)nc2c(NC(=O)c3c(Cl)cccc3Cl)cccn12)NCc1ccco1. The van der Waals surface area contributed by atoms with E-state index in [0.29, 0.717) is 5.76 Å². The van der Waals surface area contributed by atoms with Crippen LogP contribution in [0.4, 0.5) is 18.9 Å². The molecule has 0 aliphatic carbocycles. The standard InChI is InChI=1S/C22H15Cl2F3N4O3/c23-13-5-1-6-14(24)18(13)21(33)29-15-7-2-8-31-16(19(22(25,26)27)30-20(15)31)10-17(32)28-11-12-4-3-9-34-12/h1-9H,10-11H2,(H,28,32)(H,29,33). The topological polar surface area (TPSA) is 88.6 Å². The summed E-state index contributed by atoms with van der Waals surface area (Å²) in [4.78, 5) is 28.8. The Hall–Kier alpha value is -3.50. The number of alkyl halides is 3. The lowest BCUT2D eigenvalue weighted by Gasteiger charge is -2.10. The van der Waals surface area contributed by atoms with Crippen LogP contribution in [0, 0.1) is 0 Å². The predicted octanol–water partition coefficient (Wildman–Crippen LogP) is 5.36. The molecule has 3 heterocycles. The fourth-order valence-corrected chi connectivity index (χ4v) is 3.89. The summed E-state index contributed by atoms with van der Waals surface area (Å²) >= 11 is 12.1. The largest absolute Gasteiger partial charge is 0.467 e. The number of hydrogen-bond acceptors (Lipinski definition) is 4. The number of benzene rings is 1. The van der Waals surface area contributed by atoms with E-state index in [1.165, 1.54) is 36.7 Å². The molecular weight excluding hydrogens is 496 g/mol. The highest BCUT2D eigenvalue weighted by Gasteiger charge is 2.38. The lowest BCUT2D eigenvalue weighted by Crippen LogP contribution is -2.26. The number of amides is 2. The number of pyridine rings is 1. The van der Waals surface area contributed by atoms with Crippen LogP contribution in [0.2, 0.25) is 10.0 Å². The van der Waals surface area contributed by atoms with E-state index in [1.807, 2.05) is 0 Å². The minimum absolute atomic E-state index is 0.0174. The Labute approximate surface area is 200 Å². The first-order chi connectivity index (χ1) is 16.1. The molecule has 12 heteroatoms. The van der Waals surface area contributed by atoms with Crippen LogP contribution in [0.5, 0.6) is 0 Å². The highest BCUT2D eigenvalue weighted by molar-refractivity contribution is 6.40. The van der Waals surface area contributed by atoms with Gasteiger partial charge in [0.15, 0.2) is 11.3 Å². The van der Waals surface area contributed by atoms with Crippen molar-refractivity contribution in [1.29, 1.82) is 0 Å². The van der Waals surface area contributed by atoms with Crippen LogP contribution in [0.25, 0.3) is 5.65 Å². The number of imidazole rings is 1. The smallest absolute Gasteiger partial charge is 0.435 e. The molecule has 0 atom stereocenters. The zero-order valence-corrected chi connectivity index (χ0v) is 18.6. The summed E-state index contributed by atoms with van der Waals surface area (Å²) in [7, 11) is 0. The second-order valence-corrected chi connectivity index (χ2v) is 7.92. The van der Waals surface area contributed by atoms with E-state index in [-0.39, 0.29) is 39.2 Å². The zero-order valence-electron chi connectivity index (χ0n) is 17.1. The molecule has 0 saturated carbocycles. The van der Waals surface area contributed by atoms with E-state index in [0.717, 1.165) is 4.40 Å². The van der Waals surface area contributed by atoms with Gasteiger partial charge in [-0.3, -0.25) is 9.59 Å². The number of nitrogens with zero attached hydrogens (tertiary/aromatic N) is 2. The normalized spacial score (nSPS) is 11.6. The van der Waals surface area contributed by atoms with Crippen LogP contribution in [0.15, 0.2) is 59.3 Å². The van der Waals surface area contributed by atoms with Gasteiger partial charge in [0.1, 0.15) is 5.76 Å². The summed E-state index contributed by atoms with van der Waals surface area (Å²) in [6.07, 6.45) is -2.70. The molecule has 0 spiro atoms. The second-order valence-electron chi connectivity index (χ2n) is 7.10. The number of hydrogen-bond donors (Lipinski definition) is 2. The quantitative estimate of drug-likeness (QED) is 0.365. The fraction of sp³-hybridized carbons (Fsp3) is 0.136. The minimum Gasteiger partial charge on any atom is -0.467 e. The summed E-state index contributed by atoms with van der Waals surface area (Å²) in [5, 5.41) is 5.16. The number of anilines is 1. The number of furan rings is 1. The molecule has 7 nitrogen and oxygen atoms in total. The van der Waals surface area contributed by atoms with Crippen molar-refractivity contribution in [2.75, 3.05) is 5.32 Å². The van der Waals surface area contributed by atoms with Gasteiger partial charge in [-0.2, -0.15) is 13.2 Å². The number of aromatic nitrogens is 2. The Morgan fingerprint density at radius 1 is 1.06 bits per heavy atom. The molecule has 1 aromatic carbocycles. The molecule has 0 aliphatic rings.